The van der Waals surface area contributed by atoms with Crippen LogP contribution < -0.4 is 10.9 Å². The van der Waals surface area contributed by atoms with Crippen molar-refractivity contribution >= 4 is 33.6 Å². The van der Waals surface area contributed by atoms with Crippen LogP contribution >= 0.6 is 27.7 Å². The predicted octanol–water partition coefficient (Wildman–Crippen LogP) is 3.55. The molecule has 1 atom stereocenters. The number of thioether (sulfide) groups is 1. The van der Waals surface area contributed by atoms with Gasteiger partial charge in [-0.05, 0) is 56.7 Å². The molecule has 4 nitrogen and oxygen atoms in total. The van der Waals surface area contributed by atoms with E-state index in [2.05, 4.69) is 26.2 Å². The minimum atomic E-state index is -0.235. The number of aromatic nitrogens is 1. The Bertz CT molecular complexity index is 756. The number of aromatic amines is 1. The smallest absolute Gasteiger partial charge is 0.253 e. The summed E-state index contributed by atoms with van der Waals surface area (Å²) in [5.41, 5.74) is 2.17. The zero-order valence-electron chi connectivity index (χ0n) is 13.3. The Hall–Kier alpha value is -1.53. The first-order valence-corrected chi connectivity index (χ1v) is 8.93. The molecule has 0 aliphatic rings. The Morgan fingerprint density at radius 2 is 1.96 bits per heavy atom. The number of pyridine rings is 1. The minimum absolute atomic E-state index is 0.0858. The topological polar surface area (TPSA) is 62.0 Å². The molecule has 1 aromatic carbocycles. The van der Waals surface area contributed by atoms with Crippen molar-refractivity contribution in [3.63, 3.8) is 0 Å². The monoisotopic (exact) mass is 394 g/mol. The Labute approximate surface area is 148 Å². The second kappa shape index (κ2) is 7.84. The third-order valence-corrected chi connectivity index (χ3v) is 5.07. The highest BCUT2D eigenvalue weighted by Crippen LogP contribution is 2.24. The standard InChI is InChI=1S/C17H19BrN2O2S/c1-10-8-11(2)20-17(22)15(10)9-19-16(21)12(3)23-14-6-4-13(18)5-7-14/h4-8,12H,9H2,1-3H3,(H,19,21)(H,20,22). The summed E-state index contributed by atoms with van der Waals surface area (Å²) in [6, 6.07) is 9.73. The molecule has 0 saturated carbocycles. The molecule has 1 amide bonds. The summed E-state index contributed by atoms with van der Waals surface area (Å²) in [5, 5.41) is 2.61. The van der Waals surface area contributed by atoms with Gasteiger partial charge in [-0.2, -0.15) is 0 Å². The number of rotatable bonds is 5. The number of benzene rings is 1. The van der Waals surface area contributed by atoms with E-state index in [1.165, 1.54) is 11.8 Å². The number of carbonyl (C=O) groups excluding carboxylic acids is 1. The molecule has 23 heavy (non-hydrogen) atoms. The van der Waals surface area contributed by atoms with Crippen molar-refractivity contribution in [3.8, 4) is 0 Å². The van der Waals surface area contributed by atoms with Crippen molar-refractivity contribution in [2.75, 3.05) is 0 Å². The van der Waals surface area contributed by atoms with Gasteiger partial charge in [0.15, 0.2) is 0 Å². The minimum Gasteiger partial charge on any atom is -0.351 e. The van der Waals surface area contributed by atoms with Gasteiger partial charge in [-0.25, -0.2) is 0 Å². The van der Waals surface area contributed by atoms with Crippen LogP contribution in [0.5, 0.6) is 0 Å². The third-order valence-electron chi connectivity index (χ3n) is 3.43. The van der Waals surface area contributed by atoms with Crippen LogP contribution in [0.4, 0.5) is 0 Å². The fourth-order valence-electron chi connectivity index (χ4n) is 2.19. The summed E-state index contributed by atoms with van der Waals surface area (Å²) in [4.78, 5) is 28.0. The normalized spacial score (nSPS) is 12.0. The first kappa shape index (κ1) is 17.8. The maximum Gasteiger partial charge on any atom is 0.253 e. The summed E-state index contributed by atoms with van der Waals surface area (Å²) < 4.78 is 1.01. The summed E-state index contributed by atoms with van der Waals surface area (Å²) in [7, 11) is 0. The fourth-order valence-corrected chi connectivity index (χ4v) is 3.35. The molecule has 1 aromatic heterocycles. The first-order chi connectivity index (χ1) is 10.9. The van der Waals surface area contributed by atoms with Crippen molar-refractivity contribution in [2.45, 2.75) is 37.5 Å². The van der Waals surface area contributed by atoms with Gasteiger partial charge < -0.3 is 10.3 Å². The third kappa shape index (κ3) is 4.97. The number of hydrogen-bond donors (Lipinski definition) is 2. The van der Waals surface area contributed by atoms with Crippen LogP contribution in [0.3, 0.4) is 0 Å². The van der Waals surface area contributed by atoms with Gasteiger partial charge in [0.1, 0.15) is 0 Å². The second-order valence-corrected chi connectivity index (χ2v) is 7.70. The highest BCUT2D eigenvalue weighted by molar-refractivity contribution is 9.10. The molecular formula is C17H19BrN2O2S. The number of aryl methyl sites for hydroxylation is 2. The first-order valence-electron chi connectivity index (χ1n) is 7.26. The molecule has 0 bridgehead atoms. The second-order valence-electron chi connectivity index (χ2n) is 5.37. The molecule has 122 valence electrons. The molecule has 0 aliphatic carbocycles. The lowest BCUT2D eigenvalue weighted by molar-refractivity contribution is -0.120. The zero-order valence-corrected chi connectivity index (χ0v) is 15.7. The van der Waals surface area contributed by atoms with E-state index in [4.69, 9.17) is 0 Å². The molecule has 0 saturated heterocycles. The Morgan fingerprint density at radius 1 is 1.30 bits per heavy atom. The molecule has 2 aromatic rings. The molecule has 2 N–H and O–H groups in total. The maximum atomic E-state index is 12.2. The molecule has 0 radical (unpaired) electrons. The van der Waals surface area contributed by atoms with Gasteiger partial charge in [0.05, 0.1) is 5.25 Å². The molecule has 2 rings (SSSR count). The van der Waals surface area contributed by atoms with Crippen molar-refractivity contribution in [1.82, 2.24) is 10.3 Å². The van der Waals surface area contributed by atoms with Gasteiger partial charge in [0, 0.05) is 27.2 Å². The molecule has 1 unspecified atom stereocenters. The van der Waals surface area contributed by atoms with E-state index in [9.17, 15) is 9.59 Å². The van der Waals surface area contributed by atoms with E-state index in [0.29, 0.717) is 5.56 Å². The van der Waals surface area contributed by atoms with Crippen molar-refractivity contribution in [1.29, 1.82) is 0 Å². The number of hydrogen-bond acceptors (Lipinski definition) is 3. The largest absolute Gasteiger partial charge is 0.351 e. The zero-order chi connectivity index (χ0) is 17.0. The van der Waals surface area contributed by atoms with E-state index in [0.717, 1.165) is 20.6 Å². The van der Waals surface area contributed by atoms with Crippen LogP contribution in [-0.2, 0) is 11.3 Å². The van der Waals surface area contributed by atoms with E-state index in [1.54, 1.807) is 0 Å². The lowest BCUT2D eigenvalue weighted by atomic mass is 10.1. The lowest BCUT2D eigenvalue weighted by Crippen LogP contribution is -2.33. The Balaban J connectivity index is 1.97. The van der Waals surface area contributed by atoms with Gasteiger partial charge >= 0.3 is 0 Å². The van der Waals surface area contributed by atoms with Gasteiger partial charge in [-0.1, -0.05) is 15.9 Å². The maximum absolute atomic E-state index is 12.2. The Morgan fingerprint density at radius 3 is 2.57 bits per heavy atom. The molecular weight excluding hydrogens is 376 g/mol. The lowest BCUT2D eigenvalue weighted by Gasteiger charge is -2.13. The van der Waals surface area contributed by atoms with Crippen LogP contribution in [0.1, 0.15) is 23.7 Å². The number of nitrogens with one attached hydrogen (secondary N) is 2. The van der Waals surface area contributed by atoms with Crippen molar-refractivity contribution in [3.05, 3.63) is 62.0 Å². The molecule has 0 aliphatic heterocycles. The van der Waals surface area contributed by atoms with Crippen LogP contribution in [0.15, 0.2) is 44.5 Å². The Kier molecular flexibility index (Phi) is 6.07. The molecule has 6 heteroatoms. The van der Waals surface area contributed by atoms with Crippen LogP contribution in [0, 0.1) is 13.8 Å². The molecule has 0 fully saturated rings. The van der Waals surface area contributed by atoms with Gasteiger partial charge in [-0.15, -0.1) is 11.8 Å². The van der Waals surface area contributed by atoms with Gasteiger partial charge in [0.25, 0.3) is 5.56 Å². The average Bonchev–Trinajstić information content (AvgIpc) is 2.48. The quantitative estimate of drug-likeness (QED) is 0.762. The summed E-state index contributed by atoms with van der Waals surface area (Å²) in [6.45, 7) is 5.82. The van der Waals surface area contributed by atoms with E-state index in [1.807, 2.05) is 51.1 Å². The van der Waals surface area contributed by atoms with Gasteiger partial charge in [0.2, 0.25) is 5.91 Å². The SMILES string of the molecule is Cc1cc(C)c(CNC(=O)C(C)Sc2ccc(Br)cc2)c(=O)[nH]1. The summed E-state index contributed by atoms with van der Waals surface area (Å²) >= 11 is 4.88. The van der Waals surface area contributed by atoms with Crippen molar-refractivity contribution in [2.24, 2.45) is 0 Å². The van der Waals surface area contributed by atoms with E-state index >= 15 is 0 Å². The highest BCUT2D eigenvalue weighted by atomic mass is 79.9. The van der Waals surface area contributed by atoms with Crippen LogP contribution in [-0.4, -0.2) is 16.1 Å². The molecule has 1 heterocycles. The summed E-state index contributed by atoms with van der Waals surface area (Å²) in [6.07, 6.45) is 0. The predicted molar refractivity (Wildman–Crippen MR) is 97.8 cm³/mol. The fraction of sp³-hybridized carbons (Fsp3) is 0.294. The number of halogens is 1. The van der Waals surface area contributed by atoms with E-state index in [-0.39, 0.29) is 23.3 Å². The number of H-pyrrole nitrogens is 1. The van der Waals surface area contributed by atoms with Crippen LogP contribution in [0.25, 0.3) is 0 Å². The van der Waals surface area contributed by atoms with Crippen molar-refractivity contribution < 1.29 is 4.79 Å². The van der Waals surface area contributed by atoms with E-state index < -0.39 is 0 Å². The van der Waals surface area contributed by atoms with Gasteiger partial charge in [-0.3, -0.25) is 9.59 Å². The number of amides is 1. The average molecular weight is 395 g/mol. The number of carbonyl (C=O) groups is 1. The van der Waals surface area contributed by atoms with Crippen LogP contribution in [0.2, 0.25) is 0 Å². The molecule has 0 spiro atoms. The summed E-state index contributed by atoms with van der Waals surface area (Å²) in [5.74, 6) is -0.0858. The highest BCUT2D eigenvalue weighted by Gasteiger charge is 2.15.